The average Bonchev–Trinajstić information content (AvgIpc) is 2.95. The molecular formula is C15H18ClN3O. The largest absolute Gasteiger partial charge is 0.493 e. The van der Waals surface area contributed by atoms with Crippen molar-refractivity contribution in [1.29, 1.82) is 0 Å². The summed E-state index contributed by atoms with van der Waals surface area (Å²) in [4.78, 5) is 0. The van der Waals surface area contributed by atoms with Crippen molar-refractivity contribution in [3.05, 3.63) is 41.7 Å². The molecule has 20 heavy (non-hydrogen) atoms. The van der Waals surface area contributed by atoms with Gasteiger partial charge in [0, 0.05) is 18.7 Å². The van der Waals surface area contributed by atoms with Crippen LogP contribution >= 0.6 is 11.6 Å². The topological polar surface area (TPSA) is 39.9 Å². The summed E-state index contributed by atoms with van der Waals surface area (Å²) in [6, 6.07) is 8.22. The Morgan fingerprint density at radius 3 is 3.15 bits per heavy atom. The Morgan fingerprint density at radius 2 is 2.30 bits per heavy atom. The highest BCUT2D eigenvalue weighted by atomic mass is 35.5. The number of hydrogen-bond acceptors (Lipinski definition) is 3. The van der Waals surface area contributed by atoms with E-state index >= 15 is 0 Å². The Kier molecular flexibility index (Phi) is 3.92. The molecule has 0 spiro atoms. The van der Waals surface area contributed by atoms with Gasteiger partial charge in [-0.2, -0.15) is 0 Å². The number of rotatable bonds is 4. The SMILES string of the molecule is CCC(Cl)c1cn(CC2CCOc3ccccc32)nn1. The zero-order valence-electron chi connectivity index (χ0n) is 11.5. The number of para-hydroxylation sites is 1. The molecule has 0 bridgehead atoms. The van der Waals surface area contributed by atoms with E-state index in [0.29, 0.717) is 5.92 Å². The molecule has 4 nitrogen and oxygen atoms in total. The number of hydrogen-bond donors (Lipinski definition) is 0. The van der Waals surface area contributed by atoms with E-state index in [2.05, 4.69) is 22.4 Å². The zero-order chi connectivity index (χ0) is 13.9. The summed E-state index contributed by atoms with van der Waals surface area (Å²) in [5, 5.41) is 8.30. The molecule has 106 valence electrons. The third kappa shape index (κ3) is 2.66. The van der Waals surface area contributed by atoms with E-state index in [1.54, 1.807) is 0 Å². The molecule has 1 aromatic carbocycles. The van der Waals surface area contributed by atoms with E-state index in [1.807, 2.05) is 29.9 Å². The van der Waals surface area contributed by atoms with Crippen molar-refractivity contribution in [2.45, 2.75) is 37.6 Å². The molecular weight excluding hydrogens is 274 g/mol. The van der Waals surface area contributed by atoms with E-state index in [9.17, 15) is 0 Å². The van der Waals surface area contributed by atoms with E-state index in [0.717, 1.165) is 37.4 Å². The second-order valence-electron chi connectivity index (χ2n) is 5.11. The fourth-order valence-electron chi connectivity index (χ4n) is 2.59. The van der Waals surface area contributed by atoms with Gasteiger partial charge in [-0.05, 0) is 24.5 Å². The highest BCUT2D eigenvalue weighted by Crippen LogP contribution is 2.34. The molecule has 1 aromatic heterocycles. The zero-order valence-corrected chi connectivity index (χ0v) is 12.3. The Hall–Kier alpha value is -1.55. The first kappa shape index (κ1) is 13.4. The average molecular weight is 292 g/mol. The molecule has 3 rings (SSSR count). The van der Waals surface area contributed by atoms with Crippen molar-refractivity contribution in [2.24, 2.45) is 0 Å². The molecule has 0 fully saturated rings. The maximum Gasteiger partial charge on any atom is 0.122 e. The minimum Gasteiger partial charge on any atom is -0.493 e. The van der Waals surface area contributed by atoms with Crippen molar-refractivity contribution >= 4 is 11.6 Å². The van der Waals surface area contributed by atoms with Crippen molar-refractivity contribution in [2.75, 3.05) is 6.61 Å². The van der Waals surface area contributed by atoms with Crippen LogP contribution in [0.5, 0.6) is 5.75 Å². The lowest BCUT2D eigenvalue weighted by molar-refractivity contribution is 0.256. The predicted octanol–water partition coefficient (Wildman–Crippen LogP) is 3.53. The van der Waals surface area contributed by atoms with Crippen LogP contribution in [0.15, 0.2) is 30.5 Å². The first-order chi connectivity index (χ1) is 9.78. The predicted molar refractivity (Wildman–Crippen MR) is 78.2 cm³/mol. The minimum atomic E-state index is -0.0503. The van der Waals surface area contributed by atoms with E-state index in [4.69, 9.17) is 16.3 Å². The van der Waals surface area contributed by atoms with Crippen LogP contribution in [0.25, 0.3) is 0 Å². The number of alkyl halides is 1. The summed E-state index contributed by atoms with van der Waals surface area (Å²) < 4.78 is 7.58. The molecule has 0 amide bonds. The Balaban J connectivity index is 1.77. The lowest BCUT2D eigenvalue weighted by atomic mass is 9.93. The maximum absolute atomic E-state index is 6.19. The smallest absolute Gasteiger partial charge is 0.122 e. The van der Waals surface area contributed by atoms with Gasteiger partial charge in [-0.15, -0.1) is 16.7 Å². The second kappa shape index (κ2) is 5.83. The number of ether oxygens (including phenoxy) is 1. The normalized spacial score (nSPS) is 19.2. The Labute approximate surface area is 123 Å². The van der Waals surface area contributed by atoms with Gasteiger partial charge in [0.2, 0.25) is 0 Å². The van der Waals surface area contributed by atoms with Crippen molar-refractivity contribution in [3.63, 3.8) is 0 Å². The summed E-state index contributed by atoms with van der Waals surface area (Å²) in [6.45, 7) is 3.63. The molecule has 0 radical (unpaired) electrons. The van der Waals surface area contributed by atoms with Gasteiger partial charge in [-0.25, -0.2) is 0 Å². The molecule has 1 aliphatic heterocycles. The molecule has 0 saturated carbocycles. The third-order valence-electron chi connectivity index (χ3n) is 3.73. The van der Waals surface area contributed by atoms with Crippen molar-refractivity contribution in [3.8, 4) is 5.75 Å². The van der Waals surface area contributed by atoms with Crippen molar-refractivity contribution < 1.29 is 4.74 Å². The summed E-state index contributed by atoms with van der Waals surface area (Å²) >= 11 is 6.19. The first-order valence-electron chi connectivity index (χ1n) is 7.03. The summed E-state index contributed by atoms with van der Waals surface area (Å²) in [7, 11) is 0. The van der Waals surface area contributed by atoms with Gasteiger partial charge in [0.05, 0.1) is 12.0 Å². The molecule has 2 atom stereocenters. The molecule has 1 aliphatic rings. The van der Waals surface area contributed by atoms with Gasteiger partial charge in [-0.1, -0.05) is 30.3 Å². The number of nitrogens with zero attached hydrogens (tertiary/aromatic N) is 3. The Morgan fingerprint density at radius 1 is 1.45 bits per heavy atom. The molecule has 2 aromatic rings. The van der Waals surface area contributed by atoms with E-state index in [1.165, 1.54) is 5.56 Å². The van der Waals surface area contributed by atoms with E-state index < -0.39 is 0 Å². The van der Waals surface area contributed by atoms with Gasteiger partial charge in [0.1, 0.15) is 11.4 Å². The molecule has 5 heteroatoms. The number of aromatic nitrogens is 3. The maximum atomic E-state index is 6.19. The number of fused-ring (bicyclic) bond motifs is 1. The second-order valence-corrected chi connectivity index (χ2v) is 5.64. The fourth-order valence-corrected chi connectivity index (χ4v) is 2.69. The van der Waals surface area contributed by atoms with E-state index in [-0.39, 0.29) is 5.38 Å². The van der Waals surface area contributed by atoms with Crippen LogP contribution < -0.4 is 4.74 Å². The van der Waals surface area contributed by atoms with Crippen LogP contribution in [0.4, 0.5) is 0 Å². The van der Waals surface area contributed by atoms with Crippen LogP contribution in [0, 0.1) is 0 Å². The molecule has 2 unspecified atom stereocenters. The van der Waals surface area contributed by atoms with Crippen LogP contribution in [0.1, 0.15) is 42.3 Å². The fraction of sp³-hybridized carbons (Fsp3) is 0.467. The van der Waals surface area contributed by atoms with Gasteiger partial charge in [0.15, 0.2) is 0 Å². The first-order valence-corrected chi connectivity index (χ1v) is 7.47. The highest BCUT2D eigenvalue weighted by Gasteiger charge is 2.22. The summed E-state index contributed by atoms with van der Waals surface area (Å²) in [5.74, 6) is 1.41. The molecule has 0 aliphatic carbocycles. The monoisotopic (exact) mass is 291 g/mol. The number of benzene rings is 1. The van der Waals surface area contributed by atoms with Crippen LogP contribution in [-0.2, 0) is 6.54 Å². The lowest BCUT2D eigenvalue weighted by Gasteiger charge is -2.25. The molecule has 0 saturated heterocycles. The number of halogens is 1. The van der Waals surface area contributed by atoms with Crippen LogP contribution in [0.2, 0.25) is 0 Å². The Bertz CT molecular complexity index is 584. The third-order valence-corrected chi connectivity index (χ3v) is 4.26. The standard InChI is InChI=1S/C15H18ClN3O/c1-2-13(16)14-10-19(18-17-14)9-11-7-8-20-15-6-4-3-5-12(11)15/h3-6,10-11,13H,2,7-9H2,1H3. The molecule has 2 heterocycles. The van der Waals surface area contributed by atoms with Crippen LogP contribution in [-0.4, -0.2) is 21.6 Å². The van der Waals surface area contributed by atoms with Gasteiger partial charge >= 0.3 is 0 Å². The van der Waals surface area contributed by atoms with Crippen molar-refractivity contribution in [1.82, 2.24) is 15.0 Å². The molecule has 0 N–H and O–H groups in total. The summed E-state index contributed by atoms with van der Waals surface area (Å²) in [6.07, 6.45) is 3.82. The minimum absolute atomic E-state index is 0.0503. The quantitative estimate of drug-likeness (QED) is 0.809. The van der Waals surface area contributed by atoms with Crippen LogP contribution in [0.3, 0.4) is 0 Å². The van der Waals surface area contributed by atoms with Gasteiger partial charge in [0.25, 0.3) is 0 Å². The summed E-state index contributed by atoms with van der Waals surface area (Å²) in [5.41, 5.74) is 2.11. The lowest BCUT2D eigenvalue weighted by Crippen LogP contribution is -2.18. The highest BCUT2D eigenvalue weighted by molar-refractivity contribution is 6.20. The van der Waals surface area contributed by atoms with Gasteiger partial charge < -0.3 is 4.74 Å². The van der Waals surface area contributed by atoms with Gasteiger partial charge in [-0.3, -0.25) is 4.68 Å².